The highest BCUT2D eigenvalue weighted by Crippen LogP contribution is 2.36. The van der Waals surface area contributed by atoms with Crippen LogP contribution in [0.3, 0.4) is 0 Å². The van der Waals surface area contributed by atoms with E-state index >= 15 is 0 Å². The van der Waals surface area contributed by atoms with Gasteiger partial charge in [-0.2, -0.15) is 0 Å². The van der Waals surface area contributed by atoms with Crippen LogP contribution < -0.4 is 24.3 Å². The molecule has 0 bridgehead atoms. The lowest BCUT2D eigenvalue weighted by molar-refractivity contribution is -0.131. The molecule has 0 radical (unpaired) electrons. The Hall–Kier alpha value is -3.59. The van der Waals surface area contributed by atoms with Gasteiger partial charge in [0.2, 0.25) is 0 Å². The Morgan fingerprint density at radius 3 is 2.87 bits per heavy atom. The summed E-state index contributed by atoms with van der Waals surface area (Å²) >= 11 is 1.28. The second-order valence-electron chi connectivity index (χ2n) is 6.34. The molecule has 0 saturated carbocycles. The minimum Gasteiger partial charge on any atom is -0.497 e. The Morgan fingerprint density at radius 2 is 2.07 bits per heavy atom. The van der Waals surface area contributed by atoms with Crippen LogP contribution in [0.5, 0.6) is 23.0 Å². The molecular weight excluding hydrogens is 408 g/mol. The second-order valence-corrected chi connectivity index (χ2v) is 7.19. The standard InChI is InChI=1S/C21H18N2O6S/c1-26-13-6-7-16(27-2)14(9-13)15-11-30-21(22-15)23-18(24)10-28-17-5-3-4-12-8-19(25)29-20(12)17/h3-7,9,11H,8,10H2,1-2H3,(H,22,23,24). The summed E-state index contributed by atoms with van der Waals surface area (Å²) < 4.78 is 21.3. The summed E-state index contributed by atoms with van der Waals surface area (Å²) in [5.74, 6) is 1.33. The summed E-state index contributed by atoms with van der Waals surface area (Å²) in [4.78, 5) is 28.2. The van der Waals surface area contributed by atoms with Crippen LogP contribution in [-0.4, -0.2) is 37.7 Å². The van der Waals surface area contributed by atoms with Crippen LogP contribution in [0.25, 0.3) is 11.3 Å². The molecule has 0 spiro atoms. The number of hydrogen-bond donors (Lipinski definition) is 1. The molecule has 8 nitrogen and oxygen atoms in total. The number of rotatable bonds is 7. The molecule has 9 heteroatoms. The van der Waals surface area contributed by atoms with Crippen molar-refractivity contribution in [3.05, 3.63) is 47.3 Å². The highest BCUT2D eigenvalue weighted by atomic mass is 32.1. The maximum absolute atomic E-state index is 12.3. The van der Waals surface area contributed by atoms with Gasteiger partial charge in [0, 0.05) is 16.5 Å². The maximum atomic E-state index is 12.3. The van der Waals surface area contributed by atoms with Gasteiger partial charge >= 0.3 is 5.97 Å². The number of nitrogens with one attached hydrogen (secondary N) is 1. The van der Waals surface area contributed by atoms with Gasteiger partial charge in [0.15, 0.2) is 23.2 Å². The number of ether oxygens (including phenoxy) is 4. The van der Waals surface area contributed by atoms with E-state index in [1.165, 1.54) is 11.3 Å². The highest BCUT2D eigenvalue weighted by molar-refractivity contribution is 7.14. The number of para-hydroxylation sites is 1. The molecule has 0 unspecified atom stereocenters. The number of anilines is 1. The van der Waals surface area contributed by atoms with Crippen LogP contribution in [0.1, 0.15) is 5.56 Å². The summed E-state index contributed by atoms with van der Waals surface area (Å²) in [5, 5.41) is 4.95. The maximum Gasteiger partial charge on any atom is 0.315 e. The third kappa shape index (κ3) is 4.06. The fourth-order valence-electron chi connectivity index (χ4n) is 3.00. The van der Waals surface area contributed by atoms with Crippen molar-refractivity contribution in [3.63, 3.8) is 0 Å². The predicted molar refractivity (Wildman–Crippen MR) is 111 cm³/mol. The van der Waals surface area contributed by atoms with Gasteiger partial charge in [0.05, 0.1) is 26.3 Å². The van der Waals surface area contributed by atoms with Crippen LogP contribution in [0.4, 0.5) is 5.13 Å². The van der Waals surface area contributed by atoms with Gasteiger partial charge in [0.25, 0.3) is 5.91 Å². The SMILES string of the molecule is COc1ccc(OC)c(-c2csc(NC(=O)COc3cccc4c3OC(=O)C4)n2)c1. The lowest BCUT2D eigenvalue weighted by Gasteiger charge is -2.09. The first-order valence-electron chi connectivity index (χ1n) is 9.00. The molecule has 1 N–H and O–H groups in total. The van der Waals surface area contributed by atoms with Gasteiger partial charge in [-0.15, -0.1) is 11.3 Å². The lowest BCUT2D eigenvalue weighted by Crippen LogP contribution is -2.20. The van der Waals surface area contributed by atoms with Crippen molar-refractivity contribution in [1.82, 2.24) is 4.98 Å². The Kier molecular flexibility index (Phi) is 5.53. The van der Waals surface area contributed by atoms with Crippen molar-refractivity contribution in [3.8, 4) is 34.3 Å². The summed E-state index contributed by atoms with van der Waals surface area (Å²) in [6.45, 7) is -0.245. The van der Waals surface area contributed by atoms with E-state index in [1.54, 1.807) is 44.6 Å². The molecule has 0 atom stereocenters. The number of thiazole rings is 1. The Bertz CT molecular complexity index is 1110. The Balaban J connectivity index is 1.42. The number of methoxy groups -OCH3 is 2. The van der Waals surface area contributed by atoms with E-state index in [1.807, 2.05) is 11.4 Å². The van der Waals surface area contributed by atoms with E-state index in [-0.39, 0.29) is 24.9 Å². The zero-order valence-electron chi connectivity index (χ0n) is 16.3. The molecule has 2 heterocycles. The van der Waals surface area contributed by atoms with Gasteiger partial charge < -0.3 is 18.9 Å². The number of amides is 1. The highest BCUT2D eigenvalue weighted by Gasteiger charge is 2.24. The first-order valence-corrected chi connectivity index (χ1v) is 9.88. The summed E-state index contributed by atoms with van der Waals surface area (Å²) in [7, 11) is 3.16. The molecule has 0 aliphatic carbocycles. The van der Waals surface area contributed by atoms with Crippen LogP contribution in [0, 0.1) is 0 Å². The average molecular weight is 426 g/mol. The number of hydrogen-bond acceptors (Lipinski definition) is 8. The monoisotopic (exact) mass is 426 g/mol. The summed E-state index contributed by atoms with van der Waals surface area (Å²) in [5.41, 5.74) is 2.15. The fraction of sp³-hybridized carbons (Fsp3) is 0.190. The number of carbonyl (C=O) groups excluding carboxylic acids is 2. The molecule has 154 valence electrons. The largest absolute Gasteiger partial charge is 0.497 e. The van der Waals surface area contributed by atoms with Crippen molar-refractivity contribution < 1.29 is 28.5 Å². The van der Waals surface area contributed by atoms with Gasteiger partial charge in [0.1, 0.15) is 11.5 Å². The summed E-state index contributed by atoms with van der Waals surface area (Å²) in [6, 6.07) is 10.6. The Labute approximate surface area is 176 Å². The molecule has 30 heavy (non-hydrogen) atoms. The minimum absolute atomic E-state index is 0.203. The van der Waals surface area contributed by atoms with Crippen LogP contribution >= 0.6 is 11.3 Å². The minimum atomic E-state index is -0.379. The quantitative estimate of drug-likeness (QED) is 0.457. The fourth-order valence-corrected chi connectivity index (χ4v) is 3.73. The van der Waals surface area contributed by atoms with E-state index in [0.717, 1.165) is 11.1 Å². The van der Waals surface area contributed by atoms with Crippen molar-refractivity contribution in [2.45, 2.75) is 6.42 Å². The van der Waals surface area contributed by atoms with Gasteiger partial charge in [-0.05, 0) is 24.3 Å². The Morgan fingerprint density at radius 1 is 1.20 bits per heavy atom. The van der Waals surface area contributed by atoms with E-state index < -0.39 is 0 Å². The molecule has 1 aromatic heterocycles. The van der Waals surface area contributed by atoms with Crippen LogP contribution in [0.2, 0.25) is 0 Å². The second kappa shape index (κ2) is 8.42. The molecule has 2 aromatic carbocycles. The molecular formula is C21H18N2O6S. The van der Waals surface area contributed by atoms with E-state index in [9.17, 15) is 9.59 Å². The topological polar surface area (TPSA) is 96.0 Å². The number of carbonyl (C=O) groups is 2. The molecule has 3 aromatic rings. The van der Waals surface area contributed by atoms with E-state index in [4.69, 9.17) is 18.9 Å². The van der Waals surface area contributed by atoms with Crippen molar-refractivity contribution in [2.24, 2.45) is 0 Å². The molecule has 0 fully saturated rings. The van der Waals surface area contributed by atoms with Gasteiger partial charge in [-0.25, -0.2) is 4.98 Å². The number of aromatic nitrogens is 1. The zero-order chi connectivity index (χ0) is 21.1. The molecule has 1 aliphatic rings. The molecule has 1 aliphatic heterocycles. The lowest BCUT2D eigenvalue weighted by atomic mass is 10.1. The number of esters is 1. The first-order chi connectivity index (χ1) is 14.6. The third-order valence-electron chi connectivity index (χ3n) is 4.40. The number of benzene rings is 2. The predicted octanol–water partition coefficient (Wildman–Crippen LogP) is 3.31. The van der Waals surface area contributed by atoms with Crippen LogP contribution in [-0.2, 0) is 16.0 Å². The number of fused-ring (bicyclic) bond motifs is 1. The molecule has 1 amide bonds. The van der Waals surface area contributed by atoms with Gasteiger partial charge in [-0.1, -0.05) is 12.1 Å². The normalized spacial score (nSPS) is 12.1. The third-order valence-corrected chi connectivity index (χ3v) is 5.16. The first kappa shape index (κ1) is 19.7. The number of nitrogens with zero attached hydrogens (tertiary/aromatic N) is 1. The van der Waals surface area contributed by atoms with Crippen molar-refractivity contribution in [2.75, 3.05) is 26.1 Å². The van der Waals surface area contributed by atoms with Gasteiger partial charge in [-0.3, -0.25) is 14.9 Å². The van der Waals surface area contributed by atoms with Crippen molar-refractivity contribution >= 4 is 28.3 Å². The molecule has 4 rings (SSSR count). The van der Waals surface area contributed by atoms with E-state index in [2.05, 4.69) is 10.3 Å². The summed E-state index contributed by atoms with van der Waals surface area (Å²) in [6.07, 6.45) is 0.203. The average Bonchev–Trinajstić information content (AvgIpc) is 3.37. The van der Waals surface area contributed by atoms with Crippen LogP contribution in [0.15, 0.2) is 41.8 Å². The zero-order valence-corrected chi connectivity index (χ0v) is 17.1. The van der Waals surface area contributed by atoms with E-state index in [0.29, 0.717) is 33.8 Å². The smallest absolute Gasteiger partial charge is 0.315 e. The van der Waals surface area contributed by atoms with Crippen molar-refractivity contribution in [1.29, 1.82) is 0 Å². The molecule has 0 saturated heterocycles.